The highest BCUT2D eigenvalue weighted by atomic mass is 32.2. The van der Waals surface area contributed by atoms with Gasteiger partial charge in [-0.2, -0.15) is 8.78 Å². The molecule has 60 valence electrons. The first-order valence-electron chi connectivity index (χ1n) is 2.67. The van der Waals surface area contributed by atoms with E-state index in [9.17, 15) is 13.6 Å². The van der Waals surface area contributed by atoms with Crippen molar-refractivity contribution in [3.8, 4) is 0 Å². The fraction of sp³-hybridized carbons (Fsp3) is 0.800. The smallest absolute Gasteiger partial charge is 0.304 e. The molecule has 0 radical (unpaired) electrons. The molecule has 0 saturated heterocycles. The van der Waals surface area contributed by atoms with Gasteiger partial charge < -0.3 is 5.11 Å². The molecule has 0 fully saturated rings. The van der Waals surface area contributed by atoms with Crippen LogP contribution in [0.4, 0.5) is 8.78 Å². The Labute approximate surface area is 61.6 Å². The van der Waals surface area contributed by atoms with Gasteiger partial charge in [0, 0.05) is 5.25 Å². The minimum absolute atomic E-state index is 0.213. The van der Waals surface area contributed by atoms with Crippen molar-refractivity contribution in [1.29, 1.82) is 0 Å². The summed E-state index contributed by atoms with van der Waals surface area (Å²) in [6, 6.07) is 0. The van der Waals surface area contributed by atoms with Crippen molar-refractivity contribution in [2.75, 3.05) is 0 Å². The second-order valence-corrected chi connectivity index (χ2v) is 3.24. The summed E-state index contributed by atoms with van der Waals surface area (Å²) in [7, 11) is 0. The molecule has 0 rings (SSSR count). The quantitative estimate of drug-likeness (QED) is 0.699. The summed E-state index contributed by atoms with van der Waals surface area (Å²) in [4.78, 5) is 9.93. The highest BCUT2D eigenvalue weighted by Crippen LogP contribution is 2.21. The lowest BCUT2D eigenvalue weighted by atomic mass is 10.3. The summed E-state index contributed by atoms with van der Waals surface area (Å²) >= 11 is 0.369. The number of halogens is 2. The summed E-state index contributed by atoms with van der Waals surface area (Å²) in [5.41, 5.74) is 0. The molecule has 10 heavy (non-hydrogen) atoms. The van der Waals surface area contributed by atoms with Gasteiger partial charge in [0.1, 0.15) is 0 Å². The largest absolute Gasteiger partial charge is 0.481 e. The van der Waals surface area contributed by atoms with E-state index in [0.717, 1.165) is 0 Å². The molecule has 0 spiro atoms. The van der Waals surface area contributed by atoms with E-state index < -0.39 is 17.0 Å². The molecule has 0 bridgehead atoms. The Morgan fingerprint density at radius 3 is 2.50 bits per heavy atom. The van der Waals surface area contributed by atoms with Crippen LogP contribution in [0.3, 0.4) is 0 Å². The lowest BCUT2D eigenvalue weighted by molar-refractivity contribution is -0.136. The van der Waals surface area contributed by atoms with Crippen LogP contribution in [0.5, 0.6) is 0 Å². The van der Waals surface area contributed by atoms with Crippen LogP contribution in [-0.2, 0) is 4.79 Å². The number of carboxylic acid groups (broad SMARTS) is 1. The Hall–Kier alpha value is -0.320. The maximum Gasteiger partial charge on any atom is 0.304 e. The maximum atomic E-state index is 11.5. The number of thioether (sulfide) groups is 1. The molecule has 0 aromatic heterocycles. The number of alkyl halides is 2. The first-order valence-corrected chi connectivity index (χ1v) is 3.62. The molecule has 1 atom stereocenters. The second kappa shape index (κ2) is 4.49. The molecular weight excluding hydrogens is 162 g/mol. The fourth-order valence-corrected chi connectivity index (χ4v) is 1.06. The molecule has 0 aliphatic rings. The van der Waals surface area contributed by atoms with E-state index in [0.29, 0.717) is 11.8 Å². The zero-order valence-electron chi connectivity index (χ0n) is 5.38. The topological polar surface area (TPSA) is 37.3 Å². The van der Waals surface area contributed by atoms with Crippen molar-refractivity contribution >= 4 is 17.7 Å². The summed E-state index contributed by atoms with van der Waals surface area (Å²) < 4.78 is 23.0. The number of carboxylic acids is 1. The molecule has 5 heteroatoms. The van der Waals surface area contributed by atoms with Gasteiger partial charge in [-0.15, -0.1) is 0 Å². The van der Waals surface area contributed by atoms with Gasteiger partial charge in [0.2, 0.25) is 0 Å². The molecule has 2 nitrogen and oxygen atoms in total. The van der Waals surface area contributed by atoms with Gasteiger partial charge in [0.25, 0.3) is 5.76 Å². The second-order valence-electron chi connectivity index (χ2n) is 1.81. The van der Waals surface area contributed by atoms with Crippen LogP contribution in [0, 0.1) is 0 Å². The molecule has 0 heterocycles. The van der Waals surface area contributed by atoms with Gasteiger partial charge in [-0.3, -0.25) is 4.79 Å². The Morgan fingerprint density at radius 2 is 2.20 bits per heavy atom. The van der Waals surface area contributed by atoms with E-state index in [1.165, 1.54) is 6.92 Å². The van der Waals surface area contributed by atoms with E-state index >= 15 is 0 Å². The van der Waals surface area contributed by atoms with Crippen LogP contribution in [-0.4, -0.2) is 22.1 Å². The number of rotatable bonds is 4. The van der Waals surface area contributed by atoms with Crippen molar-refractivity contribution in [2.24, 2.45) is 0 Å². The number of aliphatic carboxylic acids is 1. The third-order valence-corrected chi connectivity index (χ3v) is 1.63. The molecule has 1 N–H and O–H groups in total. The molecule has 0 amide bonds. The Bertz CT molecular complexity index is 118. The van der Waals surface area contributed by atoms with Gasteiger partial charge in [-0.05, 0) is 0 Å². The van der Waals surface area contributed by atoms with Gasteiger partial charge in [0.05, 0.1) is 6.42 Å². The molecule has 0 saturated carbocycles. The highest BCUT2D eigenvalue weighted by molar-refractivity contribution is 8.00. The average Bonchev–Trinajstić information content (AvgIpc) is 1.58. The van der Waals surface area contributed by atoms with Crippen LogP contribution in [0.15, 0.2) is 0 Å². The molecule has 0 aromatic rings. The van der Waals surface area contributed by atoms with E-state index in [2.05, 4.69) is 0 Å². The van der Waals surface area contributed by atoms with E-state index in [4.69, 9.17) is 5.11 Å². The van der Waals surface area contributed by atoms with Gasteiger partial charge in [-0.25, -0.2) is 0 Å². The lowest BCUT2D eigenvalue weighted by Gasteiger charge is -2.05. The lowest BCUT2D eigenvalue weighted by Crippen LogP contribution is -2.07. The summed E-state index contributed by atoms with van der Waals surface area (Å²) in [5.74, 6) is -3.52. The molecule has 0 aromatic carbocycles. The SMILES string of the molecule is CC(CC(=O)O)SC(F)F. The van der Waals surface area contributed by atoms with Crippen LogP contribution < -0.4 is 0 Å². The average molecular weight is 170 g/mol. The predicted molar refractivity (Wildman–Crippen MR) is 35.3 cm³/mol. The first kappa shape index (κ1) is 9.68. The zero-order chi connectivity index (χ0) is 8.15. The monoisotopic (exact) mass is 170 g/mol. The maximum absolute atomic E-state index is 11.5. The number of hydrogen-bond acceptors (Lipinski definition) is 2. The van der Waals surface area contributed by atoms with Gasteiger partial charge >= 0.3 is 5.97 Å². The van der Waals surface area contributed by atoms with Crippen LogP contribution in [0.1, 0.15) is 13.3 Å². The molecule has 0 aliphatic heterocycles. The molecule has 1 unspecified atom stereocenters. The fourth-order valence-electron chi connectivity index (χ4n) is 0.470. The van der Waals surface area contributed by atoms with Crippen molar-refractivity contribution < 1.29 is 18.7 Å². The number of hydrogen-bond donors (Lipinski definition) is 1. The minimum Gasteiger partial charge on any atom is -0.481 e. The highest BCUT2D eigenvalue weighted by Gasteiger charge is 2.13. The van der Waals surface area contributed by atoms with Crippen LogP contribution in [0.25, 0.3) is 0 Å². The minimum atomic E-state index is -2.48. The Balaban J connectivity index is 3.43. The Morgan fingerprint density at radius 1 is 1.70 bits per heavy atom. The van der Waals surface area contributed by atoms with Crippen molar-refractivity contribution in [3.05, 3.63) is 0 Å². The van der Waals surface area contributed by atoms with E-state index in [1.807, 2.05) is 0 Å². The summed E-state index contributed by atoms with van der Waals surface area (Å²) in [6.07, 6.45) is -0.213. The summed E-state index contributed by atoms with van der Waals surface area (Å²) in [5, 5.41) is 7.62. The summed E-state index contributed by atoms with van der Waals surface area (Å²) in [6.45, 7) is 1.46. The van der Waals surface area contributed by atoms with E-state index in [1.54, 1.807) is 0 Å². The van der Waals surface area contributed by atoms with E-state index in [-0.39, 0.29) is 6.42 Å². The third-order valence-electron chi connectivity index (χ3n) is 0.797. The normalized spacial score (nSPS) is 13.6. The molecule has 0 aliphatic carbocycles. The first-order chi connectivity index (χ1) is 4.52. The van der Waals surface area contributed by atoms with Gasteiger partial charge in [-0.1, -0.05) is 18.7 Å². The van der Waals surface area contributed by atoms with Crippen molar-refractivity contribution in [1.82, 2.24) is 0 Å². The zero-order valence-corrected chi connectivity index (χ0v) is 6.20. The van der Waals surface area contributed by atoms with Crippen molar-refractivity contribution in [2.45, 2.75) is 24.4 Å². The van der Waals surface area contributed by atoms with Crippen molar-refractivity contribution in [3.63, 3.8) is 0 Å². The molecular formula is C5H8F2O2S. The standard InChI is InChI=1S/C5H8F2O2S/c1-3(2-4(8)9)10-5(6)7/h3,5H,2H2,1H3,(H,8,9). The Kier molecular flexibility index (Phi) is 4.34. The van der Waals surface area contributed by atoms with Crippen LogP contribution >= 0.6 is 11.8 Å². The van der Waals surface area contributed by atoms with Crippen LogP contribution in [0.2, 0.25) is 0 Å². The van der Waals surface area contributed by atoms with Gasteiger partial charge in [0.15, 0.2) is 0 Å². The third kappa shape index (κ3) is 5.81. The number of carbonyl (C=O) groups is 1. The predicted octanol–water partition coefficient (Wildman–Crippen LogP) is 1.81.